The van der Waals surface area contributed by atoms with Gasteiger partial charge >= 0.3 is 0 Å². The molecule has 44 valence electrons. The lowest BCUT2D eigenvalue weighted by atomic mass is 10.3. The smallest absolute Gasteiger partial charge is 0.248 e. The van der Waals surface area contributed by atoms with E-state index in [-0.39, 0.29) is 17.7 Å². The van der Waals surface area contributed by atoms with E-state index in [0.717, 1.165) is 0 Å². The minimum Gasteiger partial charge on any atom is -0.510 e. The second kappa shape index (κ2) is 1.51. The Morgan fingerprint density at radius 2 is 2.50 bits per heavy atom. The number of carbonyl (C=O) groups is 1. The molecule has 0 radical (unpaired) electrons. The van der Waals surface area contributed by atoms with Crippen molar-refractivity contribution in [1.29, 1.82) is 0 Å². The van der Waals surface area contributed by atoms with Crippen molar-refractivity contribution < 1.29 is 9.90 Å². The van der Waals surface area contributed by atoms with Crippen molar-refractivity contribution >= 4 is 5.91 Å². The molecule has 0 aromatic rings. The average Bonchev–Trinajstić information content (AvgIpc) is 1.85. The third-order valence-electron chi connectivity index (χ3n) is 1.08. The van der Waals surface area contributed by atoms with Gasteiger partial charge in [0.1, 0.15) is 5.76 Å². The number of aliphatic hydroxyl groups is 1. The van der Waals surface area contributed by atoms with Gasteiger partial charge in [-0.3, -0.25) is 4.79 Å². The Labute approximate surface area is 47.0 Å². The molecular weight excluding hydrogens is 106 g/mol. The van der Waals surface area contributed by atoms with E-state index in [4.69, 9.17) is 5.11 Å². The normalized spacial score (nSPS) is 27.4. The van der Waals surface area contributed by atoms with E-state index in [0.29, 0.717) is 0 Å². The molecule has 1 heterocycles. The van der Waals surface area contributed by atoms with Crippen molar-refractivity contribution in [3.05, 3.63) is 11.8 Å². The lowest BCUT2D eigenvalue weighted by molar-refractivity contribution is -0.116. The Bertz CT molecular complexity index is 151. The third-order valence-corrected chi connectivity index (χ3v) is 1.08. The molecule has 3 heteroatoms. The van der Waals surface area contributed by atoms with E-state index in [1.165, 1.54) is 6.08 Å². The van der Waals surface area contributed by atoms with Crippen molar-refractivity contribution in [3.8, 4) is 0 Å². The van der Waals surface area contributed by atoms with Gasteiger partial charge < -0.3 is 10.4 Å². The summed E-state index contributed by atoms with van der Waals surface area (Å²) in [5.74, 6) is -0.0926. The van der Waals surface area contributed by atoms with Gasteiger partial charge in [-0.05, 0) is 6.92 Å². The van der Waals surface area contributed by atoms with Crippen LogP contribution in [0.5, 0.6) is 0 Å². The first kappa shape index (κ1) is 5.15. The third kappa shape index (κ3) is 0.665. The van der Waals surface area contributed by atoms with E-state index in [1.54, 1.807) is 6.92 Å². The summed E-state index contributed by atoms with van der Waals surface area (Å²) in [4.78, 5) is 10.3. The van der Waals surface area contributed by atoms with Crippen LogP contribution in [0.2, 0.25) is 0 Å². The highest BCUT2D eigenvalue weighted by molar-refractivity contribution is 5.91. The van der Waals surface area contributed by atoms with E-state index in [2.05, 4.69) is 5.32 Å². The van der Waals surface area contributed by atoms with Gasteiger partial charge in [0, 0.05) is 6.08 Å². The Morgan fingerprint density at radius 1 is 1.88 bits per heavy atom. The van der Waals surface area contributed by atoms with Gasteiger partial charge in [-0.1, -0.05) is 0 Å². The molecular formula is C5H7NO2. The van der Waals surface area contributed by atoms with Crippen LogP contribution in [-0.4, -0.2) is 17.1 Å². The monoisotopic (exact) mass is 113 g/mol. The van der Waals surface area contributed by atoms with Crippen LogP contribution >= 0.6 is 0 Å². The zero-order valence-electron chi connectivity index (χ0n) is 4.51. The first-order valence-corrected chi connectivity index (χ1v) is 2.41. The van der Waals surface area contributed by atoms with Crippen molar-refractivity contribution in [2.24, 2.45) is 0 Å². The molecule has 3 nitrogen and oxygen atoms in total. The Morgan fingerprint density at radius 3 is 2.62 bits per heavy atom. The van der Waals surface area contributed by atoms with Crippen LogP contribution in [0.15, 0.2) is 11.8 Å². The van der Waals surface area contributed by atoms with Crippen LogP contribution < -0.4 is 5.32 Å². The minimum absolute atomic E-state index is 0.120. The summed E-state index contributed by atoms with van der Waals surface area (Å²) in [6.45, 7) is 1.72. The number of carbonyl (C=O) groups excluding carboxylic acids is 1. The number of aliphatic hydroxyl groups excluding tert-OH is 1. The molecule has 0 saturated heterocycles. The predicted molar refractivity (Wildman–Crippen MR) is 28.3 cm³/mol. The maximum atomic E-state index is 10.3. The van der Waals surface area contributed by atoms with Gasteiger partial charge in [0.05, 0.1) is 6.04 Å². The number of hydrogen-bond acceptors (Lipinski definition) is 2. The summed E-state index contributed by atoms with van der Waals surface area (Å²) in [6.07, 6.45) is 1.19. The first-order chi connectivity index (χ1) is 3.70. The van der Waals surface area contributed by atoms with Gasteiger partial charge in [0.25, 0.3) is 0 Å². The van der Waals surface area contributed by atoms with Crippen LogP contribution in [0, 0.1) is 0 Å². The molecule has 8 heavy (non-hydrogen) atoms. The van der Waals surface area contributed by atoms with E-state index < -0.39 is 0 Å². The van der Waals surface area contributed by atoms with Crippen LogP contribution in [0.4, 0.5) is 0 Å². The van der Waals surface area contributed by atoms with Crippen LogP contribution in [0.1, 0.15) is 6.92 Å². The number of hydrogen-bond donors (Lipinski definition) is 2. The van der Waals surface area contributed by atoms with Gasteiger partial charge in [0.15, 0.2) is 0 Å². The van der Waals surface area contributed by atoms with Crippen molar-refractivity contribution in [1.82, 2.24) is 5.32 Å². The zero-order chi connectivity index (χ0) is 6.15. The average molecular weight is 113 g/mol. The number of rotatable bonds is 0. The highest BCUT2D eigenvalue weighted by Crippen LogP contribution is 2.02. The quantitative estimate of drug-likeness (QED) is 0.462. The Hall–Kier alpha value is -0.990. The number of nitrogens with one attached hydrogen (secondary N) is 1. The largest absolute Gasteiger partial charge is 0.510 e. The lowest BCUT2D eigenvalue weighted by Gasteiger charge is -2.00. The lowest BCUT2D eigenvalue weighted by Crippen LogP contribution is -2.24. The maximum absolute atomic E-state index is 10.3. The molecule has 0 saturated carbocycles. The summed E-state index contributed by atoms with van der Waals surface area (Å²) in [6, 6.07) is -0.192. The zero-order valence-corrected chi connectivity index (χ0v) is 4.51. The summed E-state index contributed by atoms with van der Waals surface area (Å²) < 4.78 is 0. The van der Waals surface area contributed by atoms with E-state index in [9.17, 15) is 4.79 Å². The molecule has 0 bridgehead atoms. The second-order valence-electron chi connectivity index (χ2n) is 1.80. The van der Waals surface area contributed by atoms with Crippen molar-refractivity contribution in [3.63, 3.8) is 0 Å². The van der Waals surface area contributed by atoms with Gasteiger partial charge in [-0.2, -0.15) is 0 Å². The highest BCUT2D eigenvalue weighted by Gasteiger charge is 2.17. The molecule has 1 rings (SSSR count). The highest BCUT2D eigenvalue weighted by atomic mass is 16.3. The van der Waals surface area contributed by atoms with Crippen LogP contribution in [0.3, 0.4) is 0 Å². The summed E-state index contributed by atoms with van der Waals surface area (Å²) in [7, 11) is 0. The maximum Gasteiger partial charge on any atom is 0.248 e. The first-order valence-electron chi connectivity index (χ1n) is 2.41. The minimum atomic E-state index is -0.213. The molecule has 1 aliphatic heterocycles. The molecule has 0 spiro atoms. The molecule has 1 aliphatic rings. The van der Waals surface area contributed by atoms with Gasteiger partial charge in [-0.15, -0.1) is 0 Å². The Balaban J connectivity index is 2.73. The fraction of sp³-hybridized carbons (Fsp3) is 0.400. The van der Waals surface area contributed by atoms with Crippen LogP contribution in [-0.2, 0) is 4.79 Å². The molecule has 0 aromatic carbocycles. The van der Waals surface area contributed by atoms with Crippen molar-refractivity contribution in [2.75, 3.05) is 0 Å². The molecule has 1 atom stereocenters. The summed E-state index contributed by atoms with van der Waals surface area (Å²) >= 11 is 0. The summed E-state index contributed by atoms with van der Waals surface area (Å²) in [5.41, 5.74) is 0. The Kier molecular flexibility index (Phi) is 0.970. The van der Waals surface area contributed by atoms with E-state index in [1.807, 2.05) is 0 Å². The van der Waals surface area contributed by atoms with Gasteiger partial charge in [-0.25, -0.2) is 0 Å². The molecule has 0 aromatic heterocycles. The standard InChI is InChI=1S/C5H7NO2/c1-3-4(7)2-5(8)6-3/h2-3,7H,1H3,(H,6,8)/t3-/m0/s1. The number of amides is 1. The van der Waals surface area contributed by atoms with Crippen molar-refractivity contribution in [2.45, 2.75) is 13.0 Å². The van der Waals surface area contributed by atoms with E-state index >= 15 is 0 Å². The van der Waals surface area contributed by atoms with Gasteiger partial charge in [0.2, 0.25) is 5.91 Å². The summed E-state index contributed by atoms with van der Waals surface area (Å²) in [5, 5.41) is 11.2. The second-order valence-corrected chi connectivity index (χ2v) is 1.80. The molecule has 0 fully saturated rings. The molecule has 2 N–H and O–H groups in total. The van der Waals surface area contributed by atoms with Crippen LogP contribution in [0.25, 0.3) is 0 Å². The fourth-order valence-electron chi connectivity index (χ4n) is 0.588. The molecule has 1 amide bonds. The molecule has 0 aliphatic carbocycles. The SMILES string of the molecule is C[C@@H]1NC(=O)C=C1O. The molecule has 0 unspecified atom stereocenters. The topological polar surface area (TPSA) is 49.3 Å². The fourth-order valence-corrected chi connectivity index (χ4v) is 0.588. The predicted octanol–water partition coefficient (Wildman–Crippen LogP) is -0.0534.